The van der Waals surface area contributed by atoms with Crippen LogP contribution in [0, 0.1) is 5.92 Å². The zero-order valence-corrected chi connectivity index (χ0v) is 15.0. The van der Waals surface area contributed by atoms with E-state index in [4.69, 9.17) is 0 Å². The number of imide groups is 1. The highest BCUT2D eigenvalue weighted by Crippen LogP contribution is 2.14. The van der Waals surface area contributed by atoms with Crippen LogP contribution in [0.15, 0.2) is 0 Å². The molecule has 1 N–H and O–H groups in total. The summed E-state index contributed by atoms with van der Waals surface area (Å²) in [7, 11) is 3.10. The van der Waals surface area contributed by atoms with Crippen molar-refractivity contribution in [2.24, 2.45) is 5.92 Å². The first-order valence-electron chi connectivity index (χ1n) is 7.93. The monoisotopic (exact) mass is 327 g/mol. The van der Waals surface area contributed by atoms with Crippen molar-refractivity contribution in [1.82, 2.24) is 15.1 Å². The van der Waals surface area contributed by atoms with Crippen molar-refractivity contribution in [2.75, 3.05) is 14.1 Å². The summed E-state index contributed by atoms with van der Waals surface area (Å²) in [5.74, 6) is -0.787. The second-order valence-electron chi connectivity index (χ2n) is 6.15. The Balaban J connectivity index is 5.13. The number of nitrogens with zero attached hydrogens (tertiary/aromatic N) is 2. The van der Waals surface area contributed by atoms with E-state index in [0.29, 0.717) is 25.7 Å². The van der Waals surface area contributed by atoms with Gasteiger partial charge < -0.3 is 9.80 Å². The number of carbonyl (C=O) groups is 4. The van der Waals surface area contributed by atoms with Crippen LogP contribution in [0.25, 0.3) is 0 Å². The molecule has 7 nitrogen and oxygen atoms in total. The molecule has 0 aromatic heterocycles. The molecule has 23 heavy (non-hydrogen) atoms. The van der Waals surface area contributed by atoms with Gasteiger partial charge in [-0.05, 0) is 25.7 Å². The predicted molar refractivity (Wildman–Crippen MR) is 87.4 cm³/mol. The highest BCUT2D eigenvalue weighted by atomic mass is 16.2. The maximum Gasteiger partial charge on any atom is 0.249 e. The summed E-state index contributed by atoms with van der Waals surface area (Å²) in [5.41, 5.74) is 0. The quantitative estimate of drug-likeness (QED) is 0.634. The van der Waals surface area contributed by atoms with E-state index in [0.717, 1.165) is 0 Å². The number of hydrogen-bond acceptors (Lipinski definition) is 4. The summed E-state index contributed by atoms with van der Waals surface area (Å²) in [6.07, 6.45) is 1.83. The number of amides is 4. The molecule has 0 aromatic carbocycles. The maximum absolute atomic E-state index is 12.6. The van der Waals surface area contributed by atoms with Gasteiger partial charge in [-0.3, -0.25) is 24.5 Å². The van der Waals surface area contributed by atoms with E-state index in [1.807, 2.05) is 20.8 Å². The number of carbonyl (C=O) groups excluding carboxylic acids is 4. The van der Waals surface area contributed by atoms with E-state index < -0.39 is 18.0 Å². The largest absolute Gasteiger partial charge is 0.334 e. The first-order chi connectivity index (χ1) is 10.7. The van der Waals surface area contributed by atoms with Crippen LogP contribution in [0.4, 0.5) is 0 Å². The standard InChI is InChI=1S/C16H29N3O4/c1-7-8-14(21)18(5)12(4)16(23)19(6)13(9-11(2)3)15(22)17-10-20/h10-13H,7-9H2,1-6H3,(H,17,20,22)/t12-,13+/m1/s1. The lowest BCUT2D eigenvalue weighted by atomic mass is 10.0. The van der Waals surface area contributed by atoms with Crippen molar-refractivity contribution in [2.45, 2.75) is 59.0 Å². The average Bonchev–Trinajstić information content (AvgIpc) is 2.49. The smallest absolute Gasteiger partial charge is 0.249 e. The van der Waals surface area contributed by atoms with Gasteiger partial charge in [0.2, 0.25) is 24.1 Å². The molecule has 0 bridgehead atoms. The number of nitrogens with one attached hydrogen (secondary N) is 1. The number of hydrogen-bond donors (Lipinski definition) is 1. The minimum Gasteiger partial charge on any atom is -0.334 e. The normalized spacial score (nSPS) is 13.2. The van der Waals surface area contributed by atoms with Gasteiger partial charge in [0.15, 0.2) is 0 Å². The third kappa shape index (κ3) is 6.38. The zero-order chi connectivity index (χ0) is 18.2. The predicted octanol–water partition coefficient (Wildman–Crippen LogP) is 0.779. The molecule has 0 saturated carbocycles. The van der Waals surface area contributed by atoms with Crippen molar-refractivity contribution in [3.8, 4) is 0 Å². The molecular formula is C16H29N3O4. The number of rotatable bonds is 9. The number of likely N-dealkylation sites (N-methyl/N-ethyl adjacent to an activating group) is 2. The molecule has 132 valence electrons. The Bertz CT molecular complexity index is 437. The lowest BCUT2D eigenvalue weighted by Gasteiger charge is -2.33. The highest BCUT2D eigenvalue weighted by Gasteiger charge is 2.32. The molecule has 0 aromatic rings. The fourth-order valence-electron chi connectivity index (χ4n) is 2.26. The summed E-state index contributed by atoms with van der Waals surface area (Å²) in [6.45, 7) is 7.39. The first kappa shape index (κ1) is 21.1. The Kier molecular flexibility index (Phi) is 9.14. The SMILES string of the molecule is CCCC(=O)N(C)[C@H](C)C(=O)N(C)[C@@H](CC(C)C)C(=O)NC=O. The molecule has 0 saturated heterocycles. The van der Waals surface area contributed by atoms with Crippen LogP contribution in [0.5, 0.6) is 0 Å². The molecule has 0 fully saturated rings. The van der Waals surface area contributed by atoms with Gasteiger partial charge in [-0.15, -0.1) is 0 Å². The van der Waals surface area contributed by atoms with Crippen LogP contribution in [0.3, 0.4) is 0 Å². The van der Waals surface area contributed by atoms with Crippen LogP contribution < -0.4 is 5.32 Å². The van der Waals surface area contributed by atoms with Crippen molar-refractivity contribution < 1.29 is 19.2 Å². The van der Waals surface area contributed by atoms with Crippen molar-refractivity contribution in [1.29, 1.82) is 0 Å². The fourth-order valence-corrected chi connectivity index (χ4v) is 2.26. The van der Waals surface area contributed by atoms with Crippen LogP contribution in [-0.2, 0) is 19.2 Å². The molecule has 0 radical (unpaired) electrons. The molecule has 0 unspecified atom stereocenters. The fraction of sp³-hybridized carbons (Fsp3) is 0.750. The molecule has 0 heterocycles. The topological polar surface area (TPSA) is 86.8 Å². The second kappa shape index (κ2) is 9.97. The Morgan fingerprint density at radius 3 is 2.09 bits per heavy atom. The van der Waals surface area contributed by atoms with Crippen LogP contribution >= 0.6 is 0 Å². The van der Waals surface area contributed by atoms with Crippen molar-refractivity contribution in [3.63, 3.8) is 0 Å². The zero-order valence-electron chi connectivity index (χ0n) is 15.0. The van der Waals surface area contributed by atoms with Gasteiger partial charge in [0.1, 0.15) is 12.1 Å². The Morgan fingerprint density at radius 1 is 1.09 bits per heavy atom. The minimum absolute atomic E-state index is 0.112. The summed E-state index contributed by atoms with van der Waals surface area (Å²) in [5, 5.41) is 2.10. The molecule has 0 aliphatic heterocycles. The van der Waals surface area contributed by atoms with Crippen LogP contribution in [-0.4, -0.2) is 60.1 Å². The minimum atomic E-state index is -0.746. The van der Waals surface area contributed by atoms with Gasteiger partial charge in [0.25, 0.3) is 0 Å². The van der Waals surface area contributed by atoms with Gasteiger partial charge in [0.05, 0.1) is 0 Å². The summed E-state index contributed by atoms with van der Waals surface area (Å²) in [6, 6.07) is -1.41. The molecular weight excluding hydrogens is 298 g/mol. The molecule has 7 heteroatoms. The van der Waals surface area contributed by atoms with Gasteiger partial charge >= 0.3 is 0 Å². The van der Waals surface area contributed by atoms with E-state index >= 15 is 0 Å². The lowest BCUT2D eigenvalue weighted by molar-refractivity contribution is -0.147. The Labute approximate surface area is 138 Å². The van der Waals surface area contributed by atoms with E-state index in [-0.39, 0.29) is 17.7 Å². The van der Waals surface area contributed by atoms with E-state index in [1.165, 1.54) is 16.8 Å². The van der Waals surface area contributed by atoms with E-state index in [2.05, 4.69) is 5.32 Å². The van der Waals surface area contributed by atoms with Gasteiger partial charge in [-0.25, -0.2) is 0 Å². The Morgan fingerprint density at radius 2 is 1.65 bits per heavy atom. The van der Waals surface area contributed by atoms with E-state index in [9.17, 15) is 19.2 Å². The average molecular weight is 327 g/mol. The summed E-state index contributed by atoms with van der Waals surface area (Å²) < 4.78 is 0. The highest BCUT2D eigenvalue weighted by molar-refractivity contribution is 5.94. The van der Waals surface area contributed by atoms with Crippen molar-refractivity contribution >= 4 is 24.1 Å². The van der Waals surface area contributed by atoms with Crippen molar-refractivity contribution in [3.05, 3.63) is 0 Å². The van der Waals surface area contributed by atoms with Gasteiger partial charge in [-0.2, -0.15) is 0 Å². The molecule has 2 atom stereocenters. The molecule has 0 aliphatic rings. The summed E-state index contributed by atoms with van der Waals surface area (Å²) >= 11 is 0. The van der Waals surface area contributed by atoms with E-state index in [1.54, 1.807) is 14.0 Å². The third-order valence-electron chi connectivity index (χ3n) is 3.81. The Hall–Kier alpha value is -1.92. The van der Waals surface area contributed by atoms with Gasteiger partial charge in [0, 0.05) is 20.5 Å². The molecule has 0 spiro atoms. The second-order valence-corrected chi connectivity index (χ2v) is 6.15. The van der Waals surface area contributed by atoms with Crippen LogP contribution in [0.2, 0.25) is 0 Å². The van der Waals surface area contributed by atoms with Gasteiger partial charge in [-0.1, -0.05) is 20.8 Å². The molecule has 0 rings (SSSR count). The lowest BCUT2D eigenvalue weighted by Crippen LogP contribution is -2.54. The maximum atomic E-state index is 12.6. The first-order valence-corrected chi connectivity index (χ1v) is 7.93. The van der Waals surface area contributed by atoms with Crippen LogP contribution in [0.1, 0.15) is 47.0 Å². The third-order valence-corrected chi connectivity index (χ3v) is 3.81. The molecule has 4 amide bonds. The summed E-state index contributed by atoms with van der Waals surface area (Å²) in [4.78, 5) is 49.8. The molecule has 0 aliphatic carbocycles.